The molecule has 0 heterocycles. The molecule has 7 heteroatoms. The van der Waals surface area contributed by atoms with Gasteiger partial charge in [-0.15, -0.1) is 6.42 Å². The van der Waals surface area contributed by atoms with E-state index in [0.29, 0.717) is 6.07 Å². The van der Waals surface area contributed by atoms with Crippen LogP contribution < -0.4 is 4.74 Å². The van der Waals surface area contributed by atoms with Crippen molar-refractivity contribution in [3.63, 3.8) is 0 Å². The van der Waals surface area contributed by atoms with Gasteiger partial charge in [-0.3, -0.25) is 10.1 Å². The first-order valence-corrected chi connectivity index (χ1v) is 4.70. The summed E-state index contributed by atoms with van der Waals surface area (Å²) in [6.07, 6.45) is 4.23. The number of carboxylic acids is 1. The van der Waals surface area contributed by atoms with E-state index in [9.17, 15) is 19.3 Å². The molecule has 0 saturated carbocycles. The zero-order valence-electron chi connectivity index (χ0n) is 9.21. The van der Waals surface area contributed by atoms with Crippen LogP contribution in [0.25, 0.3) is 0 Å². The van der Waals surface area contributed by atoms with Gasteiger partial charge in [0.15, 0.2) is 17.7 Å². The number of nitrogens with zero attached hydrogens (tertiary/aromatic N) is 1. The van der Waals surface area contributed by atoms with Crippen LogP contribution in [0.2, 0.25) is 0 Å². The van der Waals surface area contributed by atoms with Crippen molar-refractivity contribution in [1.29, 1.82) is 0 Å². The molecule has 0 amide bonds. The summed E-state index contributed by atoms with van der Waals surface area (Å²) in [7, 11) is 0. The van der Waals surface area contributed by atoms with Crippen molar-refractivity contribution in [2.45, 2.75) is 13.0 Å². The van der Waals surface area contributed by atoms with Gasteiger partial charge < -0.3 is 9.84 Å². The minimum Gasteiger partial charge on any atom is -0.477 e. The van der Waals surface area contributed by atoms with Crippen molar-refractivity contribution >= 4 is 11.7 Å². The highest BCUT2D eigenvalue weighted by molar-refractivity contribution is 5.92. The Kier molecular flexibility index (Phi) is 3.84. The molecule has 0 aliphatic rings. The number of hydrogen-bond donors (Lipinski definition) is 1. The van der Waals surface area contributed by atoms with Crippen molar-refractivity contribution in [1.82, 2.24) is 0 Å². The van der Waals surface area contributed by atoms with Crippen molar-refractivity contribution in [2.75, 3.05) is 0 Å². The maximum atomic E-state index is 13.5. The first-order chi connectivity index (χ1) is 8.36. The minimum atomic E-state index is -1.56. The van der Waals surface area contributed by atoms with E-state index in [1.54, 1.807) is 0 Å². The van der Waals surface area contributed by atoms with Gasteiger partial charge in [0, 0.05) is 6.07 Å². The number of hydrogen-bond acceptors (Lipinski definition) is 4. The lowest BCUT2D eigenvalue weighted by Crippen LogP contribution is -2.11. The monoisotopic (exact) mass is 253 g/mol. The molecule has 1 aromatic rings. The van der Waals surface area contributed by atoms with Gasteiger partial charge in [-0.2, -0.15) is 0 Å². The zero-order chi connectivity index (χ0) is 13.9. The molecule has 0 aliphatic heterocycles. The van der Waals surface area contributed by atoms with Crippen LogP contribution >= 0.6 is 0 Å². The normalized spacial score (nSPS) is 11.4. The van der Waals surface area contributed by atoms with E-state index in [4.69, 9.17) is 16.3 Å². The van der Waals surface area contributed by atoms with Crippen LogP contribution in [-0.2, 0) is 0 Å². The zero-order valence-corrected chi connectivity index (χ0v) is 9.21. The molecule has 0 aliphatic carbocycles. The molecule has 1 unspecified atom stereocenters. The summed E-state index contributed by atoms with van der Waals surface area (Å²) in [5.74, 6) is -0.888. The first kappa shape index (κ1) is 13.4. The van der Waals surface area contributed by atoms with Crippen LogP contribution in [0.5, 0.6) is 5.75 Å². The summed E-state index contributed by atoms with van der Waals surface area (Å²) in [6, 6.07) is 1.23. The third kappa shape index (κ3) is 2.74. The summed E-state index contributed by atoms with van der Waals surface area (Å²) in [5.41, 5.74) is -1.51. The predicted octanol–water partition coefficient (Wildman–Crippen LogP) is 1.83. The fraction of sp³-hybridized carbons (Fsp3) is 0.182. The molecule has 94 valence electrons. The standard InChI is InChI=1S/C11H8FNO5/c1-3-6(2)18-10-4-7(11(14)15)9(13(16)17)5-8(10)12/h1,4-6H,2H3,(H,14,15). The molecule has 0 radical (unpaired) electrons. The highest BCUT2D eigenvalue weighted by atomic mass is 19.1. The fourth-order valence-electron chi connectivity index (χ4n) is 1.18. The molecule has 0 aromatic heterocycles. The second kappa shape index (κ2) is 5.14. The predicted molar refractivity (Wildman–Crippen MR) is 58.9 cm³/mol. The Morgan fingerprint density at radius 2 is 2.28 bits per heavy atom. The molecule has 1 aromatic carbocycles. The number of benzene rings is 1. The largest absolute Gasteiger partial charge is 0.477 e. The van der Waals surface area contributed by atoms with Crippen LogP contribution in [0, 0.1) is 28.3 Å². The molecular weight excluding hydrogens is 245 g/mol. The Morgan fingerprint density at radius 3 is 2.72 bits per heavy atom. The molecule has 1 rings (SSSR count). The number of carboxylic acid groups (broad SMARTS) is 1. The van der Waals surface area contributed by atoms with Crippen LogP contribution in [0.15, 0.2) is 12.1 Å². The van der Waals surface area contributed by atoms with Gasteiger partial charge >= 0.3 is 5.97 Å². The fourth-order valence-corrected chi connectivity index (χ4v) is 1.18. The van der Waals surface area contributed by atoms with Gasteiger partial charge in [-0.25, -0.2) is 9.18 Å². The van der Waals surface area contributed by atoms with E-state index in [1.807, 2.05) is 0 Å². The molecule has 0 bridgehead atoms. The molecule has 1 atom stereocenters. The topological polar surface area (TPSA) is 89.7 Å². The van der Waals surface area contributed by atoms with Crippen molar-refractivity contribution in [3.8, 4) is 18.1 Å². The average Bonchev–Trinajstić information content (AvgIpc) is 2.30. The number of rotatable bonds is 4. The molecular formula is C11H8FNO5. The van der Waals surface area contributed by atoms with Gasteiger partial charge in [-0.05, 0) is 6.92 Å². The summed E-state index contributed by atoms with van der Waals surface area (Å²) >= 11 is 0. The van der Waals surface area contributed by atoms with Crippen LogP contribution in [-0.4, -0.2) is 22.1 Å². The summed E-state index contributed by atoms with van der Waals surface area (Å²) < 4.78 is 18.4. The van der Waals surface area contributed by atoms with Crippen molar-refractivity contribution < 1.29 is 24.0 Å². The highest BCUT2D eigenvalue weighted by Gasteiger charge is 2.24. The SMILES string of the molecule is C#CC(C)Oc1cc(C(=O)O)c([N+](=O)[O-])cc1F. The number of ether oxygens (including phenoxy) is 1. The third-order valence-corrected chi connectivity index (χ3v) is 2.02. The molecule has 1 N–H and O–H groups in total. The highest BCUT2D eigenvalue weighted by Crippen LogP contribution is 2.28. The molecule has 6 nitrogen and oxygen atoms in total. The molecule has 0 spiro atoms. The van der Waals surface area contributed by atoms with E-state index < -0.39 is 39.8 Å². The maximum Gasteiger partial charge on any atom is 0.342 e. The number of terminal acetylenes is 1. The first-order valence-electron chi connectivity index (χ1n) is 4.70. The van der Waals surface area contributed by atoms with E-state index in [1.165, 1.54) is 6.92 Å². The van der Waals surface area contributed by atoms with Gasteiger partial charge in [0.05, 0.1) is 11.0 Å². The van der Waals surface area contributed by atoms with E-state index in [0.717, 1.165) is 6.07 Å². The Hall–Kier alpha value is -2.62. The second-order valence-electron chi connectivity index (χ2n) is 3.29. The van der Waals surface area contributed by atoms with E-state index >= 15 is 0 Å². The van der Waals surface area contributed by atoms with Crippen LogP contribution in [0.1, 0.15) is 17.3 Å². The van der Waals surface area contributed by atoms with Crippen LogP contribution in [0.3, 0.4) is 0 Å². The number of halogens is 1. The second-order valence-corrected chi connectivity index (χ2v) is 3.29. The van der Waals surface area contributed by atoms with Crippen LogP contribution in [0.4, 0.5) is 10.1 Å². The summed E-state index contributed by atoms with van der Waals surface area (Å²) in [6.45, 7) is 1.45. The van der Waals surface area contributed by atoms with E-state index in [2.05, 4.69) is 5.92 Å². The number of nitro benzene ring substituents is 1. The molecule has 0 saturated heterocycles. The minimum absolute atomic E-state index is 0.441. The lowest BCUT2D eigenvalue weighted by molar-refractivity contribution is -0.385. The Bertz CT molecular complexity index is 549. The number of carbonyl (C=O) groups is 1. The number of nitro groups is 1. The smallest absolute Gasteiger partial charge is 0.342 e. The lowest BCUT2D eigenvalue weighted by atomic mass is 10.1. The summed E-state index contributed by atoms with van der Waals surface area (Å²) in [5, 5.41) is 19.4. The Balaban J connectivity index is 3.32. The number of aromatic carboxylic acids is 1. The summed E-state index contributed by atoms with van der Waals surface area (Å²) in [4.78, 5) is 20.4. The third-order valence-electron chi connectivity index (χ3n) is 2.02. The van der Waals surface area contributed by atoms with Gasteiger partial charge in [0.25, 0.3) is 5.69 Å². The van der Waals surface area contributed by atoms with Gasteiger partial charge in [0.1, 0.15) is 5.56 Å². The van der Waals surface area contributed by atoms with Crippen molar-refractivity contribution in [2.24, 2.45) is 0 Å². The quantitative estimate of drug-likeness (QED) is 0.502. The Labute approximate surface area is 101 Å². The van der Waals surface area contributed by atoms with Gasteiger partial charge in [-0.1, -0.05) is 5.92 Å². The van der Waals surface area contributed by atoms with Gasteiger partial charge in [0.2, 0.25) is 0 Å². The average molecular weight is 253 g/mol. The van der Waals surface area contributed by atoms with Crippen molar-refractivity contribution in [3.05, 3.63) is 33.6 Å². The molecule has 0 fully saturated rings. The molecule has 18 heavy (non-hydrogen) atoms. The van der Waals surface area contributed by atoms with E-state index in [-0.39, 0.29) is 0 Å². The Morgan fingerprint density at radius 1 is 1.67 bits per heavy atom. The lowest BCUT2D eigenvalue weighted by Gasteiger charge is -2.10. The maximum absolute atomic E-state index is 13.5.